The fraction of sp³-hybridized carbons (Fsp3) is 0.160. The molecule has 33 heavy (non-hydrogen) atoms. The van der Waals surface area contributed by atoms with Crippen molar-refractivity contribution in [3.63, 3.8) is 0 Å². The van der Waals surface area contributed by atoms with Gasteiger partial charge in [-0.25, -0.2) is 4.79 Å². The summed E-state index contributed by atoms with van der Waals surface area (Å²) in [5, 5.41) is 11.7. The van der Waals surface area contributed by atoms with Gasteiger partial charge in [-0.05, 0) is 40.5 Å². The summed E-state index contributed by atoms with van der Waals surface area (Å²) in [7, 11) is 1.37. The first-order chi connectivity index (χ1) is 15.8. The minimum absolute atomic E-state index is 0.0793. The third kappa shape index (κ3) is 4.83. The van der Waals surface area contributed by atoms with E-state index < -0.39 is 24.5 Å². The Kier molecular flexibility index (Phi) is 6.33. The highest BCUT2D eigenvalue weighted by atomic mass is 35.5. The highest BCUT2D eigenvalue weighted by molar-refractivity contribution is 6.31. The number of anilines is 1. The van der Waals surface area contributed by atoms with Gasteiger partial charge < -0.3 is 14.7 Å². The first-order valence-corrected chi connectivity index (χ1v) is 10.6. The fourth-order valence-electron chi connectivity index (χ4n) is 4.03. The van der Waals surface area contributed by atoms with Gasteiger partial charge in [-0.15, -0.1) is 0 Å². The summed E-state index contributed by atoms with van der Waals surface area (Å²) in [6, 6.07) is 20.4. The molecule has 0 saturated carbocycles. The minimum Gasteiger partial charge on any atom is -0.480 e. The van der Waals surface area contributed by atoms with E-state index in [2.05, 4.69) is 17.4 Å². The van der Waals surface area contributed by atoms with E-state index in [1.807, 2.05) is 36.4 Å². The number of rotatable bonds is 6. The van der Waals surface area contributed by atoms with Crippen molar-refractivity contribution >= 4 is 35.3 Å². The zero-order valence-electron chi connectivity index (χ0n) is 17.7. The van der Waals surface area contributed by atoms with Gasteiger partial charge >= 0.3 is 12.1 Å². The molecule has 1 aliphatic carbocycles. The summed E-state index contributed by atoms with van der Waals surface area (Å²) in [5.74, 6) is -1.75. The number of amides is 2. The molecule has 168 valence electrons. The van der Waals surface area contributed by atoms with E-state index >= 15 is 0 Å². The zero-order chi connectivity index (χ0) is 23.5. The number of carbonyl (C=O) groups is 3. The topological polar surface area (TPSA) is 95.9 Å². The third-order valence-corrected chi connectivity index (χ3v) is 5.67. The summed E-state index contributed by atoms with van der Waals surface area (Å²) >= 11 is 6.10. The summed E-state index contributed by atoms with van der Waals surface area (Å²) in [5.41, 5.74) is 4.88. The van der Waals surface area contributed by atoms with Crippen LogP contribution < -0.4 is 5.32 Å². The lowest BCUT2D eigenvalue weighted by Crippen LogP contribution is -2.32. The Bertz CT molecular complexity index is 1200. The number of likely N-dealkylation sites (N-methyl/N-ethyl adjacent to an activating group) is 1. The molecule has 7 nitrogen and oxygen atoms in total. The molecule has 0 unspecified atom stereocenters. The summed E-state index contributed by atoms with van der Waals surface area (Å²) in [6.45, 7) is -0.311. The van der Waals surface area contributed by atoms with Gasteiger partial charge in [0.05, 0.1) is 0 Å². The highest BCUT2D eigenvalue weighted by Crippen LogP contribution is 2.44. The van der Waals surface area contributed by atoms with Crippen molar-refractivity contribution in [2.75, 3.05) is 25.5 Å². The van der Waals surface area contributed by atoms with Crippen LogP contribution in [0.3, 0.4) is 0 Å². The van der Waals surface area contributed by atoms with Crippen LogP contribution in [0.2, 0.25) is 5.02 Å². The molecule has 2 N–H and O–H groups in total. The second kappa shape index (κ2) is 9.34. The number of nitrogens with zero attached hydrogens (tertiary/aromatic N) is 1. The van der Waals surface area contributed by atoms with Gasteiger partial charge in [0, 0.05) is 29.2 Å². The average Bonchev–Trinajstić information content (AvgIpc) is 3.10. The molecule has 2 amide bonds. The average molecular weight is 465 g/mol. The number of ether oxygens (including phenoxy) is 1. The number of carbonyl (C=O) groups excluding carboxylic acids is 2. The zero-order valence-corrected chi connectivity index (χ0v) is 18.5. The van der Waals surface area contributed by atoms with Crippen LogP contribution in [0.15, 0.2) is 66.7 Å². The lowest BCUT2D eigenvalue weighted by Gasteiger charge is -2.16. The first-order valence-electron chi connectivity index (χ1n) is 10.2. The summed E-state index contributed by atoms with van der Waals surface area (Å²) in [4.78, 5) is 36.9. The molecule has 0 aromatic heterocycles. The molecule has 4 rings (SSSR count). The summed E-state index contributed by atoms with van der Waals surface area (Å²) < 4.78 is 5.52. The van der Waals surface area contributed by atoms with E-state index in [0.29, 0.717) is 0 Å². The molecular weight excluding hydrogens is 444 g/mol. The number of halogens is 1. The van der Waals surface area contributed by atoms with E-state index in [1.54, 1.807) is 0 Å². The van der Waals surface area contributed by atoms with Crippen LogP contribution in [0.1, 0.15) is 27.4 Å². The molecule has 0 bridgehead atoms. The molecule has 8 heteroatoms. The van der Waals surface area contributed by atoms with E-state index in [1.165, 1.54) is 25.2 Å². The molecule has 0 fully saturated rings. The monoisotopic (exact) mass is 464 g/mol. The van der Waals surface area contributed by atoms with Crippen LogP contribution in [0.4, 0.5) is 10.5 Å². The molecule has 1 aliphatic rings. The van der Waals surface area contributed by atoms with Gasteiger partial charge in [-0.2, -0.15) is 0 Å². The third-order valence-electron chi connectivity index (χ3n) is 5.45. The molecule has 0 heterocycles. The molecule has 3 aromatic carbocycles. The molecule has 0 aliphatic heterocycles. The number of carboxylic acid groups (broad SMARTS) is 1. The Labute approximate surface area is 195 Å². The van der Waals surface area contributed by atoms with Crippen molar-refractivity contribution < 1.29 is 24.2 Å². The maximum absolute atomic E-state index is 12.5. The van der Waals surface area contributed by atoms with Crippen molar-refractivity contribution in [1.82, 2.24) is 4.90 Å². The molecule has 0 spiro atoms. The van der Waals surface area contributed by atoms with Crippen LogP contribution in [0.5, 0.6) is 0 Å². The predicted octanol–water partition coefficient (Wildman–Crippen LogP) is 4.86. The van der Waals surface area contributed by atoms with Crippen LogP contribution in [0, 0.1) is 0 Å². The number of aliphatic carboxylic acids is 1. The van der Waals surface area contributed by atoms with Crippen molar-refractivity contribution in [1.29, 1.82) is 0 Å². The number of hydrogen-bond acceptors (Lipinski definition) is 4. The molecule has 3 aromatic rings. The molecule has 0 saturated heterocycles. The predicted molar refractivity (Wildman–Crippen MR) is 125 cm³/mol. The largest absolute Gasteiger partial charge is 0.480 e. The Hall–Kier alpha value is -3.84. The van der Waals surface area contributed by atoms with Gasteiger partial charge in [0.2, 0.25) is 0 Å². The van der Waals surface area contributed by atoms with Gasteiger partial charge in [0.25, 0.3) is 5.91 Å². The fourth-order valence-corrected chi connectivity index (χ4v) is 4.27. The van der Waals surface area contributed by atoms with E-state index in [0.717, 1.165) is 27.2 Å². The number of fused-ring (bicyclic) bond motifs is 3. The molecule has 0 atom stereocenters. The lowest BCUT2D eigenvalue weighted by molar-refractivity contribution is -0.137. The molecular formula is C25H21ClN2O5. The number of hydrogen-bond donors (Lipinski definition) is 2. The van der Waals surface area contributed by atoms with E-state index in [-0.39, 0.29) is 28.8 Å². The highest BCUT2D eigenvalue weighted by Gasteiger charge is 2.29. The maximum atomic E-state index is 12.5. The SMILES string of the molecule is CN(CC(=O)O)C(=O)c1cc(Cl)cc(NC(=O)OCC2c3ccccc3-c3ccccc32)c1. The van der Waals surface area contributed by atoms with Crippen molar-refractivity contribution in [2.45, 2.75) is 5.92 Å². The van der Waals surface area contributed by atoms with Gasteiger partial charge in [-0.3, -0.25) is 14.9 Å². The van der Waals surface area contributed by atoms with E-state index in [9.17, 15) is 14.4 Å². The van der Waals surface area contributed by atoms with Gasteiger partial charge in [0.1, 0.15) is 13.2 Å². The maximum Gasteiger partial charge on any atom is 0.411 e. The Morgan fingerprint density at radius 1 is 1.00 bits per heavy atom. The van der Waals surface area contributed by atoms with Gasteiger partial charge in [0.15, 0.2) is 0 Å². The van der Waals surface area contributed by atoms with Gasteiger partial charge in [-0.1, -0.05) is 60.1 Å². The number of benzene rings is 3. The Morgan fingerprint density at radius 2 is 1.61 bits per heavy atom. The smallest absolute Gasteiger partial charge is 0.411 e. The van der Waals surface area contributed by atoms with Crippen molar-refractivity contribution in [3.05, 3.63) is 88.4 Å². The second-order valence-corrected chi connectivity index (χ2v) is 8.17. The summed E-state index contributed by atoms with van der Waals surface area (Å²) in [6.07, 6.45) is -0.684. The van der Waals surface area contributed by atoms with Crippen LogP contribution in [0.25, 0.3) is 11.1 Å². The molecule has 0 radical (unpaired) electrons. The minimum atomic E-state index is -1.13. The van der Waals surface area contributed by atoms with E-state index in [4.69, 9.17) is 21.4 Å². The quantitative estimate of drug-likeness (QED) is 0.543. The Balaban J connectivity index is 1.45. The first kappa shape index (κ1) is 22.4. The normalized spacial score (nSPS) is 11.9. The van der Waals surface area contributed by atoms with Crippen molar-refractivity contribution in [3.8, 4) is 11.1 Å². The van der Waals surface area contributed by atoms with Crippen molar-refractivity contribution in [2.24, 2.45) is 0 Å². The lowest BCUT2D eigenvalue weighted by atomic mass is 9.98. The van der Waals surface area contributed by atoms with Crippen LogP contribution in [-0.4, -0.2) is 48.2 Å². The second-order valence-electron chi connectivity index (χ2n) is 7.73. The number of carboxylic acids is 1. The Morgan fingerprint density at radius 3 is 2.21 bits per heavy atom. The standard InChI is InChI=1S/C25H21ClN2O5/c1-28(13-23(29)30)24(31)15-10-16(26)12-17(11-15)27-25(32)33-14-22-20-8-4-2-6-18(20)19-7-3-5-9-21(19)22/h2-12,22H,13-14H2,1H3,(H,27,32)(H,29,30). The van der Waals surface area contributed by atoms with Crippen LogP contribution >= 0.6 is 11.6 Å². The number of nitrogens with one attached hydrogen (secondary N) is 1. The van der Waals surface area contributed by atoms with Crippen LogP contribution in [-0.2, 0) is 9.53 Å².